The van der Waals surface area contributed by atoms with Gasteiger partial charge in [0, 0.05) is 11.8 Å². The number of carbonyl (C=O) groups is 1. The summed E-state index contributed by atoms with van der Waals surface area (Å²) in [5, 5.41) is 4.35. The lowest BCUT2D eigenvalue weighted by molar-refractivity contribution is -0.122. The van der Waals surface area contributed by atoms with Crippen LogP contribution in [0.2, 0.25) is 0 Å². The van der Waals surface area contributed by atoms with Crippen molar-refractivity contribution in [1.29, 1.82) is 0 Å². The summed E-state index contributed by atoms with van der Waals surface area (Å²) in [6.45, 7) is 0. The first kappa shape index (κ1) is 12.3. The molecule has 0 aromatic carbocycles. The first-order valence-corrected chi connectivity index (χ1v) is 5.92. The lowest BCUT2D eigenvalue weighted by Gasteiger charge is -2.18. The number of Topliss-reactive ketones (excluding diaryl/α,β-unsaturated/α-hetero) is 1. The average molecular weight is 230 g/mol. The molecule has 15 heavy (non-hydrogen) atoms. The molecular formula is C10H15FN2OS. The molecule has 3 nitrogen and oxygen atoms in total. The average Bonchev–Trinajstić information content (AvgIpc) is 2.71. The molecule has 0 saturated heterocycles. The topological polar surface area (TPSA) is 42.0 Å². The van der Waals surface area contributed by atoms with Crippen LogP contribution < -0.4 is 5.32 Å². The van der Waals surface area contributed by atoms with Crippen molar-refractivity contribution in [3.63, 3.8) is 0 Å². The van der Waals surface area contributed by atoms with Gasteiger partial charge in [-0.15, -0.1) is 11.3 Å². The lowest BCUT2D eigenvalue weighted by Crippen LogP contribution is -2.36. The Bertz CT molecular complexity index is 290. The number of aromatic nitrogens is 1. The molecular weight excluding hydrogens is 215 g/mol. The first-order valence-electron chi connectivity index (χ1n) is 4.97. The number of thiazole rings is 1. The zero-order chi connectivity index (χ0) is 11.1. The second-order valence-corrected chi connectivity index (χ2v) is 4.08. The Labute approximate surface area is 92.7 Å². The van der Waals surface area contributed by atoms with Crippen molar-refractivity contribution in [2.24, 2.45) is 0 Å². The van der Waals surface area contributed by atoms with Crippen LogP contribution in [0.3, 0.4) is 0 Å². The molecule has 2 rings (SSSR count). The minimum absolute atomic E-state index is 0.166. The molecule has 0 spiro atoms. The number of hydrogen-bond donors (Lipinski definition) is 1. The van der Waals surface area contributed by atoms with Crippen LogP contribution in [0.1, 0.15) is 25.7 Å². The summed E-state index contributed by atoms with van der Waals surface area (Å²) in [6, 6.07) is 0.166. The fraction of sp³-hybridized carbons (Fsp3) is 0.600. The van der Waals surface area contributed by atoms with Crippen molar-refractivity contribution in [3.05, 3.63) is 16.8 Å². The minimum atomic E-state index is -0.389. The van der Waals surface area contributed by atoms with E-state index in [2.05, 4.69) is 10.3 Å². The number of ketones is 1. The van der Waals surface area contributed by atoms with E-state index in [4.69, 9.17) is 0 Å². The molecule has 84 valence electrons. The van der Waals surface area contributed by atoms with Gasteiger partial charge >= 0.3 is 0 Å². The molecule has 5 heteroatoms. The van der Waals surface area contributed by atoms with Crippen LogP contribution in [0, 0.1) is 5.95 Å². The Balaban J connectivity index is 0.000000162. The third kappa shape index (κ3) is 4.48. The summed E-state index contributed by atoms with van der Waals surface area (Å²) in [7, 11) is 1.86. The van der Waals surface area contributed by atoms with Crippen LogP contribution >= 0.6 is 11.3 Å². The lowest BCUT2D eigenvalue weighted by atomic mass is 9.94. The number of halogens is 1. The maximum absolute atomic E-state index is 11.6. The number of rotatable bonds is 1. The molecule has 1 N–H and O–H groups in total. The summed E-state index contributed by atoms with van der Waals surface area (Å²) in [5.41, 5.74) is 1.45. The van der Waals surface area contributed by atoms with Crippen molar-refractivity contribution in [2.45, 2.75) is 31.7 Å². The van der Waals surface area contributed by atoms with Crippen molar-refractivity contribution in [2.75, 3.05) is 7.05 Å². The maximum Gasteiger partial charge on any atom is 0.223 e. The zero-order valence-corrected chi connectivity index (χ0v) is 9.52. The highest BCUT2D eigenvalue weighted by atomic mass is 32.1. The van der Waals surface area contributed by atoms with Gasteiger partial charge in [0.1, 0.15) is 5.78 Å². The van der Waals surface area contributed by atoms with Crippen molar-refractivity contribution >= 4 is 17.1 Å². The quantitative estimate of drug-likeness (QED) is 0.802. The van der Waals surface area contributed by atoms with Gasteiger partial charge in [-0.05, 0) is 19.9 Å². The number of carbonyl (C=O) groups excluding carboxylic acids is 1. The van der Waals surface area contributed by atoms with E-state index < -0.39 is 0 Å². The van der Waals surface area contributed by atoms with Crippen molar-refractivity contribution in [1.82, 2.24) is 10.3 Å². The van der Waals surface area contributed by atoms with Crippen LogP contribution in [0.25, 0.3) is 0 Å². The van der Waals surface area contributed by atoms with Gasteiger partial charge in [0.15, 0.2) is 0 Å². The van der Waals surface area contributed by atoms with Gasteiger partial charge in [0.05, 0.1) is 11.6 Å². The molecule has 0 amide bonds. The molecule has 0 radical (unpaired) electrons. The fourth-order valence-electron chi connectivity index (χ4n) is 1.49. The van der Waals surface area contributed by atoms with E-state index in [1.807, 2.05) is 7.05 Å². The molecule has 1 saturated carbocycles. The Kier molecular flexibility index (Phi) is 5.42. The van der Waals surface area contributed by atoms with Gasteiger partial charge in [-0.3, -0.25) is 4.79 Å². The van der Waals surface area contributed by atoms with Gasteiger partial charge in [-0.25, -0.2) is 4.98 Å². The van der Waals surface area contributed by atoms with E-state index >= 15 is 0 Å². The zero-order valence-electron chi connectivity index (χ0n) is 8.70. The first-order chi connectivity index (χ1) is 7.24. The highest BCUT2D eigenvalue weighted by molar-refractivity contribution is 7.07. The van der Waals surface area contributed by atoms with E-state index in [-0.39, 0.29) is 12.0 Å². The molecule has 1 fully saturated rings. The molecule has 1 aromatic rings. The summed E-state index contributed by atoms with van der Waals surface area (Å²) >= 11 is 1.25. The Hall–Kier alpha value is -0.810. The van der Waals surface area contributed by atoms with E-state index in [0.29, 0.717) is 5.78 Å². The van der Waals surface area contributed by atoms with Gasteiger partial charge in [0.25, 0.3) is 0 Å². The largest absolute Gasteiger partial charge is 0.311 e. The van der Waals surface area contributed by atoms with Crippen molar-refractivity contribution in [3.8, 4) is 0 Å². The molecule has 0 aliphatic heterocycles. The molecule has 1 atom stereocenters. The highest BCUT2D eigenvalue weighted by Crippen LogP contribution is 2.13. The minimum Gasteiger partial charge on any atom is -0.311 e. The summed E-state index contributed by atoms with van der Waals surface area (Å²) in [6.07, 6.45) is 4.12. The molecule has 1 unspecified atom stereocenters. The Morgan fingerprint density at radius 1 is 1.60 bits per heavy atom. The smallest absolute Gasteiger partial charge is 0.223 e. The van der Waals surface area contributed by atoms with Gasteiger partial charge in [-0.2, -0.15) is 4.39 Å². The molecule has 1 heterocycles. The summed E-state index contributed by atoms with van der Waals surface area (Å²) in [5.74, 6) is 0.00347. The third-order valence-electron chi connectivity index (χ3n) is 2.31. The predicted octanol–water partition coefficient (Wildman–Crippen LogP) is 2.00. The second-order valence-electron chi connectivity index (χ2n) is 3.36. The SMILES string of the molecule is CNC1CCCCC1=O.Fc1cscn1. The summed E-state index contributed by atoms with van der Waals surface area (Å²) < 4.78 is 11.6. The maximum atomic E-state index is 11.6. The predicted molar refractivity (Wildman–Crippen MR) is 58.4 cm³/mol. The van der Waals surface area contributed by atoms with Gasteiger partial charge in [-0.1, -0.05) is 6.42 Å². The molecule has 0 bridgehead atoms. The van der Waals surface area contributed by atoms with Crippen LogP contribution in [0.15, 0.2) is 10.9 Å². The molecule has 1 aromatic heterocycles. The fourth-order valence-corrected chi connectivity index (χ4v) is 1.88. The van der Waals surface area contributed by atoms with Gasteiger partial charge < -0.3 is 5.32 Å². The number of nitrogens with zero attached hydrogens (tertiary/aromatic N) is 1. The van der Waals surface area contributed by atoms with E-state index in [1.165, 1.54) is 28.6 Å². The van der Waals surface area contributed by atoms with E-state index in [1.54, 1.807) is 0 Å². The number of likely N-dealkylation sites (N-methyl/N-ethyl adjacent to an activating group) is 1. The van der Waals surface area contributed by atoms with Crippen LogP contribution in [-0.4, -0.2) is 23.9 Å². The van der Waals surface area contributed by atoms with Crippen LogP contribution in [0.5, 0.6) is 0 Å². The molecule has 1 aliphatic carbocycles. The van der Waals surface area contributed by atoms with Crippen molar-refractivity contribution < 1.29 is 9.18 Å². The molecule has 1 aliphatic rings. The van der Waals surface area contributed by atoms with E-state index in [0.717, 1.165) is 19.3 Å². The Morgan fingerprint density at radius 2 is 2.40 bits per heavy atom. The van der Waals surface area contributed by atoms with E-state index in [9.17, 15) is 9.18 Å². The van der Waals surface area contributed by atoms with Crippen LogP contribution in [-0.2, 0) is 4.79 Å². The third-order valence-corrected chi connectivity index (χ3v) is 2.86. The highest BCUT2D eigenvalue weighted by Gasteiger charge is 2.19. The number of hydrogen-bond acceptors (Lipinski definition) is 4. The number of nitrogens with one attached hydrogen (secondary N) is 1. The Morgan fingerprint density at radius 3 is 2.73 bits per heavy atom. The van der Waals surface area contributed by atoms with Crippen LogP contribution in [0.4, 0.5) is 4.39 Å². The summed E-state index contributed by atoms with van der Waals surface area (Å²) in [4.78, 5) is 14.2. The standard InChI is InChI=1S/C7H13NO.C3H2FNS/c1-8-6-4-2-3-5-7(6)9;4-3-1-6-2-5-3/h6,8H,2-5H2,1H3;1-2H. The monoisotopic (exact) mass is 230 g/mol. The second kappa shape index (κ2) is 6.63. The van der Waals surface area contributed by atoms with Gasteiger partial charge in [0.2, 0.25) is 5.95 Å². The normalized spacial score (nSPS) is 20.7.